The van der Waals surface area contributed by atoms with Crippen molar-refractivity contribution >= 4 is 11.5 Å². The second-order valence-electron chi connectivity index (χ2n) is 5.18. The van der Waals surface area contributed by atoms with Crippen LogP contribution in [0.3, 0.4) is 0 Å². The zero-order valence-electron chi connectivity index (χ0n) is 12.1. The van der Waals surface area contributed by atoms with Crippen molar-refractivity contribution < 1.29 is 4.74 Å². The summed E-state index contributed by atoms with van der Waals surface area (Å²) in [6.07, 6.45) is 5.19. The van der Waals surface area contributed by atoms with Gasteiger partial charge in [0.15, 0.2) is 0 Å². The number of benzene rings is 1. The van der Waals surface area contributed by atoms with Gasteiger partial charge in [0.1, 0.15) is 11.6 Å². The van der Waals surface area contributed by atoms with Crippen molar-refractivity contribution in [3.63, 3.8) is 0 Å². The highest BCUT2D eigenvalue weighted by Crippen LogP contribution is 2.31. The number of aromatic nitrogens is 1. The predicted octanol–water partition coefficient (Wildman–Crippen LogP) is 3.74. The van der Waals surface area contributed by atoms with Crippen LogP contribution in [-0.4, -0.2) is 18.6 Å². The summed E-state index contributed by atoms with van der Waals surface area (Å²) in [4.78, 5) is 6.62. The minimum Gasteiger partial charge on any atom is -0.493 e. The maximum Gasteiger partial charge on any atom is 0.132 e. The Morgan fingerprint density at radius 2 is 2.15 bits per heavy atom. The Labute approximate surface area is 120 Å². The molecule has 0 N–H and O–H groups in total. The van der Waals surface area contributed by atoms with E-state index < -0.39 is 0 Å². The molecule has 1 aromatic heterocycles. The summed E-state index contributed by atoms with van der Waals surface area (Å²) in [5.74, 6) is 1.98. The van der Waals surface area contributed by atoms with Gasteiger partial charge < -0.3 is 9.64 Å². The molecule has 1 aliphatic rings. The van der Waals surface area contributed by atoms with Crippen molar-refractivity contribution in [2.45, 2.75) is 26.2 Å². The van der Waals surface area contributed by atoms with Gasteiger partial charge in [-0.15, -0.1) is 0 Å². The molecule has 0 atom stereocenters. The van der Waals surface area contributed by atoms with Crippen LogP contribution < -0.4 is 9.64 Å². The number of rotatable bonds is 3. The van der Waals surface area contributed by atoms with Gasteiger partial charge in [-0.25, -0.2) is 4.98 Å². The number of hydrogen-bond acceptors (Lipinski definition) is 3. The standard InChI is InChI=1S/C17H20N2O/c1-3-13-6-9-17(18-12-13)19(2)15-8-7-14-5-4-10-20-16(14)11-15/h6-9,11-12H,3-5,10H2,1-2H3. The van der Waals surface area contributed by atoms with E-state index in [4.69, 9.17) is 4.74 Å². The first-order chi connectivity index (χ1) is 9.78. The van der Waals surface area contributed by atoms with Crippen LogP contribution in [0.4, 0.5) is 11.5 Å². The maximum absolute atomic E-state index is 5.74. The van der Waals surface area contributed by atoms with Crippen LogP contribution in [0.1, 0.15) is 24.5 Å². The third-order valence-electron chi connectivity index (χ3n) is 3.85. The van der Waals surface area contributed by atoms with E-state index in [-0.39, 0.29) is 0 Å². The molecule has 0 unspecified atom stereocenters. The Balaban J connectivity index is 1.87. The van der Waals surface area contributed by atoms with Gasteiger partial charge in [-0.1, -0.05) is 19.1 Å². The second kappa shape index (κ2) is 5.53. The molecule has 0 aliphatic carbocycles. The maximum atomic E-state index is 5.74. The zero-order chi connectivity index (χ0) is 13.9. The summed E-state index contributed by atoms with van der Waals surface area (Å²) in [7, 11) is 2.04. The van der Waals surface area contributed by atoms with Gasteiger partial charge >= 0.3 is 0 Å². The van der Waals surface area contributed by atoms with Crippen molar-refractivity contribution in [1.82, 2.24) is 4.98 Å². The van der Waals surface area contributed by atoms with E-state index in [1.807, 2.05) is 13.2 Å². The lowest BCUT2D eigenvalue weighted by Crippen LogP contribution is -2.13. The van der Waals surface area contributed by atoms with Gasteiger partial charge in [-0.05, 0) is 42.5 Å². The first-order valence-corrected chi connectivity index (χ1v) is 7.22. The Kier molecular flexibility index (Phi) is 3.59. The Morgan fingerprint density at radius 3 is 2.90 bits per heavy atom. The van der Waals surface area contributed by atoms with Gasteiger partial charge in [0.2, 0.25) is 0 Å². The molecule has 2 heterocycles. The normalized spacial score (nSPS) is 13.5. The lowest BCUT2D eigenvalue weighted by atomic mass is 10.1. The van der Waals surface area contributed by atoms with Crippen LogP contribution in [0.25, 0.3) is 0 Å². The molecule has 0 fully saturated rings. The van der Waals surface area contributed by atoms with Crippen LogP contribution in [0.2, 0.25) is 0 Å². The molecule has 0 bridgehead atoms. The summed E-state index contributed by atoms with van der Waals surface area (Å²) in [6, 6.07) is 10.6. The first-order valence-electron chi connectivity index (χ1n) is 7.22. The summed E-state index contributed by atoms with van der Waals surface area (Å²) in [5.41, 5.74) is 3.68. The molecule has 3 heteroatoms. The molecule has 0 radical (unpaired) electrons. The van der Waals surface area contributed by atoms with Gasteiger partial charge in [-0.3, -0.25) is 0 Å². The highest BCUT2D eigenvalue weighted by molar-refractivity contribution is 5.62. The summed E-state index contributed by atoms with van der Waals surface area (Å²) >= 11 is 0. The third kappa shape index (κ3) is 2.48. The second-order valence-corrected chi connectivity index (χ2v) is 5.18. The van der Waals surface area contributed by atoms with E-state index in [0.29, 0.717) is 0 Å². The molecule has 1 aliphatic heterocycles. The Hall–Kier alpha value is -2.03. The van der Waals surface area contributed by atoms with Gasteiger partial charge in [0.05, 0.1) is 6.61 Å². The fourth-order valence-electron chi connectivity index (χ4n) is 2.49. The fourth-order valence-corrected chi connectivity index (χ4v) is 2.49. The smallest absolute Gasteiger partial charge is 0.132 e. The van der Waals surface area contributed by atoms with E-state index in [9.17, 15) is 0 Å². The minimum atomic E-state index is 0.823. The molecule has 20 heavy (non-hydrogen) atoms. The summed E-state index contributed by atoms with van der Waals surface area (Å²) in [5, 5.41) is 0. The predicted molar refractivity (Wildman–Crippen MR) is 81.9 cm³/mol. The molecular formula is C17H20N2O. The van der Waals surface area contributed by atoms with Crippen molar-refractivity contribution in [3.05, 3.63) is 47.7 Å². The number of hydrogen-bond donors (Lipinski definition) is 0. The molecule has 0 amide bonds. The molecular weight excluding hydrogens is 248 g/mol. The molecule has 0 saturated carbocycles. The Bertz CT molecular complexity index is 592. The summed E-state index contributed by atoms with van der Waals surface area (Å²) < 4.78 is 5.74. The number of aryl methyl sites for hydroxylation is 2. The molecule has 3 nitrogen and oxygen atoms in total. The topological polar surface area (TPSA) is 25.4 Å². The van der Waals surface area contributed by atoms with Crippen molar-refractivity contribution in [2.24, 2.45) is 0 Å². The molecule has 2 aromatic rings. The number of ether oxygens (including phenoxy) is 1. The molecule has 0 saturated heterocycles. The molecule has 1 aromatic carbocycles. The Morgan fingerprint density at radius 1 is 1.25 bits per heavy atom. The van der Waals surface area contributed by atoms with Crippen LogP contribution in [0.15, 0.2) is 36.5 Å². The highest BCUT2D eigenvalue weighted by atomic mass is 16.5. The minimum absolute atomic E-state index is 0.823. The van der Waals surface area contributed by atoms with E-state index in [2.05, 4.69) is 47.1 Å². The lowest BCUT2D eigenvalue weighted by Gasteiger charge is -2.22. The number of pyridine rings is 1. The largest absolute Gasteiger partial charge is 0.493 e. The number of nitrogens with zero attached hydrogens (tertiary/aromatic N) is 2. The average molecular weight is 268 g/mol. The van der Waals surface area contributed by atoms with Crippen LogP contribution in [0, 0.1) is 0 Å². The lowest BCUT2D eigenvalue weighted by molar-refractivity contribution is 0.288. The SMILES string of the molecule is CCc1ccc(N(C)c2ccc3c(c2)OCCC3)nc1. The van der Waals surface area contributed by atoms with E-state index in [1.54, 1.807) is 0 Å². The number of anilines is 2. The van der Waals surface area contributed by atoms with Crippen molar-refractivity contribution in [2.75, 3.05) is 18.6 Å². The fraction of sp³-hybridized carbons (Fsp3) is 0.353. The van der Waals surface area contributed by atoms with Gasteiger partial charge in [0, 0.05) is 25.0 Å². The van der Waals surface area contributed by atoms with Gasteiger partial charge in [0.25, 0.3) is 0 Å². The average Bonchev–Trinajstić information content (AvgIpc) is 2.54. The van der Waals surface area contributed by atoms with E-state index in [1.165, 1.54) is 11.1 Å². The van der Waals surface area contributed by atoms with Gasteiger partial charge in [-0.2, -0.15) is 0 Å². The van der Waals surface area contributed by atoms with Crippen LogP contribution in [0.5, 0.6) is 5.75 Å². The van der Waals surface area contributed by atoms with E-state index in [0.717, 1.165) is 43.1 Å². The van der Waals surface area contributed by atoms with Crippen molar-refractivity contribution in [3.8, 4) is 5.75 Å². The zero-order valence-corrected chi connectivity index (χ0v) is 12.1. The number of fused-ring (bicyclic) bond motifs is 1. The van der Waals surface area contributed by atoms with E-state index >= 15 is 0 Å². The molecule has 104 valence electrons. The quantitative estimate of drug-likeness (QED) is 0.848. The van der Waals surface area contributed by atoms with Crippen molar-refractivity contribution in [1.29, 1.82) is 0 Å². The summed E-state index contributed by atoms with van der Waals surface area (Å²) in [6.45, 7) is 2.96. The third-order valence-corrected chi connectivity index (χ3v) is 3.85. The monoisotopic (exact) mass is 268 g/mol. The molecule has 0 spiro atoms. The first kappa shape index (κ1) is 13.0. The van der Waals surface area contributed by atoms with Crippen LogP contribution >= 0.6 is 0 Å². The molecule has 3 rings (SSSR count). The van der Waals surface area contributed by atoms with Crippen LogP contribution in [-0.2, 0) is 12.8 Å². The highest BCUT2D eigenvalue weighted by Gasteiger charge is 2.13.